The van der Waals surface area contributed by atoms with Crippen molar-refractivity contribution in [1.82, 2.24) is 10.2 Å². The van der Waals surface area contributed by atoms with Crippen molar-refractivity contribution < 1.29 is 28.9 Å². The molecule has 1 saturated carbocycles. The molecule has 5 atom stereocenters. The molecule has 0 aromatic heterocycles. The van der Waals surface area contributed by atoms with Gasteiger partial charge in [0.1, 0.15) is 0 Å². The third kappa shape index (κ3) is 5.90. The van der Waals surface area contributed by atoms with Gasteiger partial charge in [0.2, 0.25) is 0 Å². The summed E-state index contributed by atoms with van der Waals surface area (Å²) < 4.78 is 16.9. The third-order valence-corrected chi connectivity index (χ3v) is 8.36. The summed E-state index contributed by atoms with van der Waals surface area (Å²) in [6.45, 7) is 6.83. The summed E-state index contributed by atoms with van der Waals surface area (Å²) in [5.74, 6) is 1.37. The van der Waals surface area contributed by atoms with E-state index in [0.29, 0.717) is 31.3 Å². The molecule has 0 unspecified atom stereocenters. The Morgan fingerprint density at radius 3 is 2.53 bits per heavy atom. The van der Waals surface area contributed by atoms with Crippen LogP contribution in [0.25, 0.3) is 0 Å². The number of ether oxygens (including phenoxy) is 3. The molecule has 0 radical (unpaired) electrons. The molecule has 2 heterocycles. The Bertz CT molecular complexity index is 935. The summed E-state index contributed by atoms with van der Waals surface area (Å²) in [5, 5.41) is 12.4. The molecule has 1 aliphatic carbocycles. The number of carboxylic acids is 1. The summed E-state index contributed by atoms with van der Waals surface area (Å²) >= 11 is 0. The second-order valence-electron chi connectivity index (χ2n) is 11.1. The number of fused-ring (bicyclic) bond motifs is 3. The first-order chi connectivity index (χ1) is 17.3. The van der Waals surface area contributed by atoms with Crippen LogP contribution in [-0.2, 0) is 16.0 Å². The quantitative estimate of drug-likeness (QED) is 0.534. The van der Waals surface area contributed by atoms with Crippen LogP contribution in [0.2, 0.25) is 0 Å². The van der Waals surface area contributed by atoms with Crippen LogP contribution < -0.4 is 14.8 Å². The minimum absolute atomic E-state index is 0.236. The number of piperidine rings is 1. The van der Waals surface area contributed by atoms with Gasteiger partial charge in [0.05, 0.1) is 26.7 Å². The number of methoxy groups -OCH3 is 2. The summed E-state index contributed by atoms with van der Waals surface area (Å²) in [7, 11) is 3.34. The minimum Gasteiger partial charge on any atom is -0.493 e. The summed E-state index contributed by atoms with van der Waals surface area (Å²) in [5.41, 5.74) is 2.58. The lowest BCUT2D eigenvalue weighted by atomic mass is 9.74. The Hall–Kier alpha value is -2.48. The van der Waals surface area contributed by atoms with E-state index < -0.39 is 18.0 Å². The third-order valence-electron chi connectivity index (χ3n) is 8.36. The highest BCUT2D eigenvalue weighted by molar-refractivity contribution is 5.73. The lowest BCUT2D eigenvalue weighted by Crippen LogP contribution is -2.48. The Balaban J connectivity index is 1.46. The van der Waals surface area contributed by atoms with Gasteiger partial charge < -0.3 is 24.6 Å². The largest absolute Gasteiger partial charge is 0.493 e. The van der Waals surface area contributed by atoms with Crippen molar-refractivity contribution in [1.29, 1.82) is 0 Å². The van der Waals surface area contributed by atoms with Gasteiger partial charge in [-0.1, -0.05) is 26.7 Å². The molecule has 1 aromatic rings. The molecule has 1 saturated heterocycles. The maximum Gasteiger partial charge on any atom is 0.407 e. The van der Waals surface area contributed by atoms with Gasteiger partial charge in [0.25, 0.3) is 0 Å². The molecule has 3 aliphatic rings. The molecule has 200 valence electrons. The highest BCUT2D eigenvalue weighted by Gasteiger charge is 2.40. The van der Waals surface area contributed by atoms with Gasteiger partial charge in [-0.25, -0.2) is 4.79 Å². The van der Waals surface area contributed by atoms with Crippen molar-refractivity contribution in [3.63, 3.8) is 0 Å². The van der Waals surface area contributed by atoms with Gasteiger partial charge in [-0.15, -0.1) is 0 Å². The van der Waals surface area contributed by atoms with Crippen molar-refractivity contribution in [2.24, 2.45) is 23.7 Å². The first-order valence-electron chi connectivity index (χ1n) is 13.5. The van der Waals surface area contributed by atoms with Crippen molar-refractivity contribution >= 4 is 12.1 Å². The van der Waals surface area contributed by atoms with Gasteiger partial charge in [0, 0.05) is 25.2 Å². The average Bonchev–Trinajstić information content (AvgIpc) is 2.86. The van der Waals surface area contributed by atoms with Crippen molar-refractivity contribution in [2.45, 2.75) is 70.9 Å². The fourth-order valence-corrected chi connectivity index (χ4v) is 6.56. The van der Waals surface area contributed by atoms with E-state index in [-0.39, 0.29) is 18.0 Å². The maximum atomic E-state index is 12.7. The number of benzene rings is 1. The Morgan fingerprint density at radius 2 is 1.83 bits per heavy atom. The number of hydrogen-bond acceptors (Lipinski definition) is 6. The zero-order valence-corrected chi connectivity index (χ0v) is 22.1. The number of rotatable bonds is 8. The Labute approximate surface area is 214 Å². The normalized spacial score (nSPS) is 28.1. The van der Waals surface area contributed by atoms with E-state index >= 15 is 0 Å². The van der Waals surface area contributed by atoms with E-state index in [1.807, 2.05) is 0 Å². The SMILES string of the molecule is COc1cc2c(cc1OC)[C@H]1C[C@@H](COC(=O)N[C@@H]3CCCC[C@H]3C(=O)O)[C@H](CC(C)C)CN1CC2. The van der Waals surface area contributed by atoms with Crippen molar-refractivity contribution in [3.05, 3.63) is 23.3 Å². The predicted molar refractivity (Wildman–Crippen MR) is 136 cm³/mol. The molecule has 4 rings (SSSR count). The van der Waals surface area contributed by atoms with Crippen LogP contribution in [-0.4, -0.2) is 62.0 Å². The molecule has 1 amide bonds. The summed E-state index contributed by atoms with van der Waals surface area (Å²) in [6, 6.07) is 4.12. The van der Waals surface area contributed by atoms with Gasteiger partial charge in [-0.05, 0) is 73.1 Å². The molecule has 2 fully saturated rings. The molecular formula is C28H42N2O6. The lowest BCUT2D eigenvalue weighted by molar-refractivity contribution is -0.143. The number of carbonyl (C=O) groups excluding carboxylic acids is 1. The van der Waals surface area contributed by atoms with Crippen LogP contribution in [0, 0.1) is 23.7 Å². The Morgan fingerprint density at radius 1 is 1.11 bits per heavy atom. The summed E-state index contributed by atoms with van der Waals surface area (Å²) in [6.07, 6.45) is 5.59. The smallest absolute Gasteiger partial charge is 0.407 e. The second-order valence-corrected chi connectivity index (χ2v) is 11.1. The van der Waals surface area contributed by atoms with Crippen LogP contribution in [0.4, 0.5) is 4.79 Å². The standard InChI is InChI=1S/C28H42N2O6/c1-17(2)11-19-15-30-10-9-18-13-25(34-3)26(35-4)14-22(18)24(30)12-20(19)16-36-28(33)29-23-8-6-5-7-21(23)27(31)32/h13-14,17,19-21,23-24H,5-12,15-16H2,1-4H3,(H,29,33)(H,31,32)/t19-,20+,21-,23-,24-/m1/s1. The first kappa shape index (κ1) is 26.6. The molecule has 36 heavy (non-hydrogen) atoms. The zero-order valence-electron chi connectivity index (χ0n) is 22.1. The zero-order chi connectivity index (χ0) is 25.8. The molecule has 8 nitrogen and oxygen atoms in total. The second kappa shape index (κ2) is 11.7. The molecule has 8 heteroatoms. The van der Waals surface area contributed by atoms with E-state index in [2.05, 4.69) is 36.2 Å². The fraction of sp³-hybridized carbons (Fsp3) is 0.714. The number of nitrogens with zero attached hydrogens (tertiary/aromatic N) is 1. The Kier molecular flexibility index (Phi) is 8.65. The van der Waals surface area contributed by atoms with Crippen molar-refractivity contribution in [2.75, 3.05) is 33.9 Å². The van der Waals surface area contributed by atoms with E-state index in [1.165, 1.54) is 11.1 Å². The van der Waals surface area contributed by atoms with E-state index in [0.717, 1.165) is 56.7 Å². The summed E-state index contributed by atoms with van der Waals surface area (Å²) in [4.78, 5) is 26.9. The van der Waals surface area contributed by atoms with Crippen LogP contribution in [0.3, 0.4) is 0 Å². The highest BCUT2D eigenvalue weighted by atomic mass is 16.5. The lowest BCUT2D eigenvalue weighted by Gasteiger charge is -2.47. The van der Waals surface area contributed by atoms with Gasteiger partial charge in [-0.2, -0.15) is 0 Å². The van der Waals surface area contributed by atoms with E-state index in [9.17, 15) is 14.7 Å². The number of carboxylic acid groups (broad SMARTS) is 1. The highest BCUT2D eigenvalue weighted by Crippen LogP contribution is 2.45. The number of hydrogen-bond donors (Lipinski definition) is 2. The van der Waals surface area contributed by atoms with E-state index in [1.54, 1.807) is 14.2 Å². The van der Waals surface area contributed by atoms with Crippen LogP contribution in [0.5, 0.6) is 11.5 Å². The molecule has 2 N–H and O–H groups in total. The van der Waals surface area contributed by atoms with Crippen LogP contribution in [0.15, 0.2) is 12.1 Å². The van der Waals surface area contributed by atoms with Crippen LogP contribution >= 0.6 is 0 Å². The molecular weight excluding hydrogens is 460 g/mol. The van der Waals surface area contributed by atoms with Crippen molar-refractivity contribution in [3.8, 4) is 11.5 Å². The number of amides is 1. The molecule has 1 aromatic carbocycles. The monoisotopic (exact) mass is 502 g/mol. The molecule has 0 bridgehead atoms. The van der Waals surface area contributed by atoms with Gasteiger partial charge in [0.15, 0.2) is 11.5 Å². The van der Waals surface area contributed by atoms with Gasteiger partial charge >= 0.3 is 12.1 Å². The maximum absolute atomic E-state index is 12.7. The topological polar surface area (TPSA) is 97.3 Å². The first-order valence-corrected chi connectivity index (χ1v) is 13.5. The van der Waals surface area contributed by atoms with Gasteiger partial charge in [-0.3, -0.25) is 9.69 Å². The number of aliphatic carboxylic acids is 1. The minimum atomic E-state index is -0.840. The fourth-order valence-electron chi connectivity index (χ4n) is 6.56. The molecule has 0 spiro atoms. The average molecular weight is 503 g/mol. The number of alkyl carbamates (subject to hydrolysis) is 1. The number of carbonyl (C=O) groups is 2. The van der Waals surface area contributed by atoms with Crippen LogP contribution in [0.1, 0.15) is 69.5 Å². The number of nitrogens with one attached hydrogen (secondary N) is 1. The van der Waals surface area contributed by atoms with E-state index in [4.69, 9.17) is 14.2 Å². The predicted octanol–water partition coefficient (Wildman–Crippen LogP) is 4.65. The molecule has 2 aliphatic heterocycles.